The Labute approximate surface area is 197 Å². The minimum absolute atomic E-state index is 0. The van der Waals surface area contributed by atoms with Crippen molar-refractivity contribution in [2.45, 2.75) is 69.2 Å². The second-order valence-electron chi connectivity index (χ2n) is 6.25. The molecule has 0 heterocycles. The average molecular weight is 560 g/mol. The molecule has 2 rings (SSSR count). The van der Waals surface area contributed by atoms with Crippen molar-refractivity contribution < 1.29 is 46.3 Å². The first-order valence-electron chi connectivity index (χ1n) is 7.83. The quantitative estimate of drug-likeness (QED) is 0.194. The molecule has 0 aliphatic carbocycles. The zero-order valence-electron chi connectivity index (χ0n) is 17.5. The van der Waals surface area contributed by atoms with E-state index in [-0.39, 0.29) is 27.0 Å². The first kappa shape index (κ1) is 33.9. The second-order valence-corrected chi connectivity index (χ2v) is 6.25. The topological polar surface area (TPSA) is 34.1 Å². The van der Waals surface area contributed by atoms with E-state index < -0.39 is 0 Å². The molecule has 0 spiro atoms. The standard InChI is InChI=1S/2C10H15.2Mo.2O.2H2S/c2*1-6-7(2)9(4)10(5)8(6)3;;;;;;/h2*1-5H3;;;;;2*1H2/q2*-1;;;;;;/p-2. The molecule has 0 atom stereocenters. The Morgan fingerprint density at radius 1 is 0.462 bits per heavy atom. The van der Waals surface area contributed by atoms with Gasteiger partial charge in [-0.15, -0.1) is 0 Å². The molecule has 0 aromatic heterocycles. The largest absolute Gasteiger partial charge is 0.813 e. The molecule has 6 heteroatoms. The van der Waals surface area contributed by atoms with Crippen molar-refractivity contribution in [2.24, 2.45) is 0 Å². The summed E-state index contributed by atoms with van der Waals surface area (Å²) in [5, 5.41) is 0. The average Bonchev–Trinajstić information content (AvgIpc) is 2.89. The molecular formula is C20H32Mo2O2S2-4. The van der Waals surface area contributed by atoms with Gasteiger partial charge in [0.05, 0.1) is 0 Å². The third-order valence-electron chi connectivity index (χ3n) is 5.62. The molecule has 0 aliphatic heterocycles. The van der Waals surface area contributed by atoms with Gasteiger partial charge in [-0.25, -0.2) is 0 Å². The van der Waals surface area contributed by atoms with Gasteiger partial charge in [0, 0.05) is 0 Å². The van der Waals surface area contributed by atoms with Crippen molar-refractivity contribution in [2.75, 3.05) is 0 Å². The fraction of sp³-hybridized carbons (Fsp3) is 0.500. The van der Waals surface area contributed by atoms with Gasteiger partial charge < -0.3 is 27.0 Å². The van der Waals surface area contributed by atoms with E-state index in [9.17, 15) is 0 Å². The molecule has 0 bridgehead atoms. The van der Waals surface area contributed by atoms with Gasteiger partial charge in [-0.2, -0.15) is 55.6 Å². The van der Waals surface area contributed by atoms with Crippen LogP contribution in [0.15, 0.2) is 0 Å². The summed E-state index contributed by atoms with van der Waals surface area (Å²) in [5.41, 5.74) is 14.7. The summed E-state index contributed by atoms with van der Waals surface area (Å²) in [6, 6.07) is 0. The van der Waals surface area contributed by atoms with Crippen LogP contribution < -0.4 is 0 Å². The number of hydrogen-bond donors (Lipinski definition) is 0. The fourth-order valence-electron chi connectivity index (χ4n) is 2.81. The molecular weight excluding hydrogens is 528 g/mol. The van der Waals surface area contributed by atoms with Gasteiger partial charge in [-0.3, -0.25) is 0 Å². The first-order chi connectivity index (χ1) is 11.1. The smallest absolute Gasteiger partial charge is 0.813 e. The summed E-state index contributed by atoms with van der Waals surface area (Å²) in [5.74, 6) is 0. The SMILES string of the molecule is Cc1c(C)c(C)[c-](C)c1C.Cc1c(C)c(C)[c-](C)c1C.[O]=[Mo].[O]=[Mo].[SH-].[SH-]. The minimum Gasteiger partial charge on any atom is -0.813 e. The maximum absolute atomic E-state index is 8.26. The summed E-state index contributed by atoms with van der Waals surface area (Å²) in [6.07, 6.45) is 0. The predicted molar refractivity (Wildman–Crippen MR) is 110 cm³/mol. The van der Waals surface area contributed by atoms with Gasteiger partial charge in [-0.1, -0.05) is 69.2 Å². The predicted octanol–water partition coefficient (Wildman–Crippen LogP) is 5.11. The molecule has 0 unspecified atom stereocenters. The van der Waals surface area contributed by atoms with Crippen molar-refractivity contribution in [3.05, 3.63) is 55.6 Å². The summed E-state index contributed by atoms with van der Waals surface area (Å²) in [6.45, 7) is 22.0. The fourth-order valence-corrected chi connectivity index (χ4v) is 2.81. The van der Waals surface area contributed by atoms with Crippen LogP contribution in [0.5, 0.6) is 0 Å². The van der Waals surface area contributed by atoms with Crippen LogP contribution in [-0.2, 0) is 73.3 Å². The molecule has 2 aromatic rings. The molecule has 0 amide bonds. The summed E-state index contributed by atoms with van der Waals surface area (Å²) < 4.78 is 16.5. The number of thiol groups is 2. The van der Waals surface area contributed by atoms with E-state index in [1.165, 1.54) is 55.6 Å². The van der Waals surface area contributed by atoms with Crippen LogP contribution in [0.3, 0.4) is 0 Å². The molecule has 152 valence electrons. The van der Waals surface area contributed by atoms with Crippen LogP contribution in [0.2, 0.25) is 0 Å². The van der Waals surface area contributed by atoms with E-state index in [0.29, 0.717) is 39.6 Å². The second kappa shape index (κ2) is 16.3. The molecule has 0 N–H and O–H groups in total. The molecule has 26 heavy (non-hydrogen) atoms. The van der Waals surface area contributed by atoms with E-state index in [0.717, 1.165) is 0 Å². The van der Waals surface area contributed by atoms with E-state index in [1.807, 2.05) is 0 Å². The van der Waals surface area contributed by atoms with Gasteiger partial charge in [0.2, 0.25) is 0 Å². The Hall–Kier alpha value is 0.377. The Morgan fingerprint density at radius 2 is 0.577 bits per heavy atom. The monoisotopic (exact) mass is 564 g/mol. The van der Waals surface area contributed by atoms with Crippen LogP contribution in [0, 0.1) is 69.2 Å². The van der Waals surface area contributed by atoms with Crippen LogP contribution in [0.1, 0.15) is 55.6 Å². The van der Waals surface area contributed by atoms with Crippen molar-refractivity contribution in [3.8, 4) is 0 Å². The van der Waals surface area contributed by atoms with Crippen LogP contribution in [0.4, 0.5) is 0 Å². The van der Waals surface area contributed by atoms with Crippen LogP contribution >= 0.6 is 0 Å². The van der Waals surface area contributed by atoms with E-state index in [4.69, 9.17) is 6.80 Å². The maximum Gasteiger partial charge on any atom is -0.813 e. The number of hydrogen-bond acceptors (Lipinski definition) is 4. The van der Waals surface area contributed by atoms with Crippen molar-refractivity contribution in [1.29, 1.82) is 0 Å². The maximum atomic E-state index is 8.26. The van der Waals surface area contributed by atoms with E-state index in [2.05, 4.69) is 69.2 Å². The molecule has 2 nitrogen and oxygen atoms in total. The van der Waals surface area contributed by atoms with Crippen molar-refractivity contribution in [1.82, 2.24) is 0 Å². The van der Waals surface area contributed by atoms with Crippen molar-refractivity contribution in [3.63, 3.8) is 0 Å². The van der Waals surface area contributed by atoms with Crippen LogP contribution in [-0.4, -0.2) is 0 Å². The Kier molecular flexibility index (Phi) is 21.3. The van der Waals surface area contributed by atoms with E-state index >= 15 is 0 Å². The molecule has 0 aliphatic rings. The Bertz CT molecular complexity index is 456. The molecule has 2 aromatic carbocycles. The Balaban J connectivity index is -0.000000147. The molecule has 0 fully saturated rings. The van der Waals surface area contributed by atoms with Gasteiger partial charge >= 0.3 is 46.3 Å². The summed E-state index contributed by atoms with van der Waals surface area (Å²) in [7, 11) is 0. The van der Waals surface area contributed by atoms with Gasteiger partial charge in [0.25, 0.3) is 0 Å². The van der Waals surface area contributed by atoms with Gasteiger partial charge in [0.1, 0.15) is 0 Å². The molecule has 0 radical (unpaired) electrons. The molecule has 0 saturated carbocycles. The molecule has 0 saturated heterocycles. The third kappa shape index (κ3) is 8.17. The summed E-state index contributed by atoms with van der Waals surface area (Å²) in [4.78, 5) is 0. The van der Waals surface area contributed by atoms with Crippen LogP contribution in [0.25, 0.3) is 0 Å². The minimum atomic E-state index is 0. The normalized spacial score (nSPS) is 8.38. The third-order valence-corrected chi connectivity index (χ3v) is 5.62. The summed E-state index contributed by atoms with van der Waals surface area (Å²) >= 11 is 1.40. The van der Waals surface area contributed by atoms with Gasteiger partial charge in [-0.05, 0) is 0 Å². The zero-order chi connectivity index (χ0) is 19.8. The zero-order valence-corrected chi connectivity index (χ0v) is 23.3. The number of rotatable bonds is 0. The first-order valence-corrected chi connectivity index (χ1v) is 9.47. The Morgan fingerprint density at radius 3 is 0.615 bits per heavy atom. The van der Waals surface area contributed by atoms with Crippen molar-refractivity contribution >= 4 is 27.0 Å². The van der Waals surface area contributed by atoms with E-state index in [1.54, 1.807) is 0 Å². The van der Waals surface area contributed by atoms with Gasteiger partial charge in [0.15, 0.2) is 0 Å².